The van der Waals surface area contributed by atoms with E-state index in [0.717, 1.165) is 0 Å². The van der Waals surface area contributed by atoms with Gasteiger partial charge in [0.25, 0.3) is 0 Å². The third-order valence-electron chi connectivity index (χ3n) is 5.34. The van der Waals surface area contributed by atoms with Crippen molar-refractivity contribution in [1.29, 1.82) is 5.26 Å². The van der Waals surface area contributed by atoms with Gasteiger partial charge in [0.15, 0.2) is 0 Å². The smallest absolute Gasteiger partial charge is 0.355 e. The van der Waals surface area contributed by atoms with Crippen LogP contribution in [0.1, 0.15) is 11.5 Å². The molecule has 1 aliphatic rings. The highest BCUT2D eigenvalue weighted by molar-refractivity contribution is 6.06. The predicted molar refractivity (Wildman–Crippen MR) is 119 cm³/mol. The number of aromatic nitrogens is 2. The molecule has 4 rings (SSSR count). The van der Waals surface area contributed by atoms with Crippen molar-refractivity contribution < 1.29 is 23.5 Å². The minimum atomic E-state index is -0.929. The largest absolute Gasteiger partial charge is 0.466 e. The molecule has 0 aliphatic carbocycles. The summed E-state index contributed by atoms with van der Waals surface area (Å²) in [6, 6.07) is 17.5. The molecule has 1 atom stereocenters. The summed E-state index contributed by atoms with van der Waals surface area (Å²) in [7, 11) is 2.39. The lowest BCUT2D eigenvalue weighted by molar-refractivity contribution is -0.139. The van der Waals surface area contributed by atoms with E-state index in [1.165, 1.54) is 25.5 Å². The van der Waals surface area contributed by atoms with E-state index in [2.05, 4.69) is 16.3 Å². The van der Waals surface area contributed by atoms with Gasteiger partial charge in [-0.25, -0.2) is 9.59 Å². The van der Waals surface area contributed by atoms with Crippen LogP contribution in [0.25, 0.3) is 11.5 Å². The molecule has 0 spiro atoms. The van der Waals surface area contributed by atoms with Crippen LogP contribution in [0, 0.1) is 11.3 Å². The number of methoxy groups -OCH3 is 2. The minimum absolute atomic E-state index is 0.0186. The first-order chi connectivity index (χ1) is 16.5. The maximum atomic E-state index is 13.0. The fraction of sp³-hybridized carbons (Fsp3) is 0.125. The van der Waals surface area contributed by atoms with E-state index in [-0.39, 0.29) is 22.7 Å². The second-order valence-corrected chi connectivity index (χ2v) is 7.13. The summed E-state index contributed by atoms with van der Waals surface area (Å²) < 4.78 is 15.2. The molecule has 2 aromatic carbocycles. The maximum Gasteiger partial charge on any atom is 0.355 e. The van der Waals surface area contributed by atoms with Crippen LogP contribution >= 0.6 is 0 Å². The number of nitriles is 1. The number of nitrogens with two attached hydrogens (primary N) is 1. The van der Waals surface area contributed by atoms with Crippen LogP contribution < -0.4 is 10.6 Å². The number of nitrogens with zero attached hydrogens (tertiary/aromatic N) is 4. The number of hydrogen-bond acceptors (Lipinski definition) is 10. The third kappa shape index (κ3) is 3.75. The summed E-state index contributed by atoms with van der Waals surface area (Å²) in [6.45, 7) is 0. The molecule has 170 valence electrons. The number of anilines is 1. The van der Waals surface area contributed by atoms with Gasteiger partial charge in [0.05, 0.1) is 37.4 Å². The van der Waals surface area contributed by atoms with Gasteiger partial charge < -0.3 is 19.6 Å². The van der Waals surface area contributed by atoms with Crippen molar-refractivity contribution in [3.8, 4) is 17.5 Å². The Labute approximate surface area is 194 Å². The van der Waals surface area contributed by atoms with Gasteiger partial charge in [0.1, 0.15) is 11.5 Å². The zero-order valence-electron chi connectivity index (χ0n) is 18.3. The quantitative estimate of drug-likeness (QED) is 0.568. The van der Waals surface area contributed by atoms with Gasteiger partial charge in [-0.3, -0.25) is 4.90 Å². The van der Waals surface area contributed by atoms with E-state index < -0.39 is 17.9 Å². The van der Waals surface area contributed by atoms with E-state index in [0.29, 0.717) is 22.7 Å². The number of allylic oxidation sites excluding steroid dienone is 1. The van der Waals surface area contributed by atoms with Crippen molar-refractivity contribution in [2.45, 2.75) is 5.92 Å². The van der Waals surface area contributed by atoms with Gasteiger partial charge in [-0.15, -0.1) is 10.2 Å². The first-order valence-corrected chi connectivity index (χ1v) is 10.0. The standard InChI is InChI=1S/C24H19N5O5/c1-32-23(30)19-18(14-6-4-3-5-7-14)17(12-25)21(26)29(20(19)24(31)33-2)16-10-8-15(9-11-16)22-28-27-13-34-22/h3-11,13,18H,26H2,1-2H3. The van der Waals surface area contributed by atoms with E-state index in [1.54, 1.807) is 54.6 Å². The Morgan fingerprint density at radius 3 is 2.29 bits per heavy atom. The van der Waals surface area contributed by atoms with Crippen LogP contribution in [-0.2, 0) is 19.1 Å². The summed E-state index contributed by atoms with van der Waals surface area (Å²) in [5, 5.41) is 17.6. The Balaban J connectivity index is 1.96. The molecule has 2 N–H and O–H groups in total. The number of ether oxygens (including phenoxy) is 2. The number of carbonyl (C=O) groups is 2. The highest BCUT2D eigenvalue weighted by Gasteiger charge is 2.42. The molecule has 0 bridgehead atoms. The Morgan fingerprint density at radius 1 is 1.06 bits per heavy atom. The molecule has 10 nitrogen and oxygen atoms in total. The van der Waals surface area contributed by atoms with E-state index in [1.807, 2.05) is 0 Å². The average Bonchev–Trinajstić information content (AvgIpc) is 3.42. The molecule has 1 aromatic heterocycles. The lowest BCUT2D eigenvalue weighted by Gasteiger charge is -2.35. The van der Waals surface area contributed by atoms with Crippen molar-refractivity contribution in [3.63, 3.8) is 0 Å². The van der Waals surface area contributed by atoms with Gasteiger partial charge in [0.2, 0.25) is 12.3 Å². The van der Waals surface area contributed by atoms with Crippen molar-refractivity contribution in [1.82, 2.24) is 10.2 Å². The molecule has 1 unspecified atom stereocenters. The fourth-order valence-electron chi connectivity index (χ4n) is 3.83. The topological polar surface area (TPSA) is 145 Å². The lowest BCUT2D eigenvalue weighted by atomic mass is 9.81. The van der Waals surface area contributed by atoms with Gasteiger partial charge in [0, 0.05) is 11.3 Å². The van der Waals surface area contributed by atoms with Gasteiger partial charge in [-0.1, -0.05) is 30.3 Å². The summed E-state index contributed by atoms with van der Waals surface area (Å²) in [5.41, 5.74) is 7.96. The number of hydrogen-bond donors (Lipinski definition) is 1. The molecule has 0 saturated carbocycles. The summed E-state index contributed by atoms with van der Waals surface area (Å²) >= 11 is 0. The van der Waals surface area contributed by atoms with Crippen LogP contribution in [-0.4, -0.2) is 36.4 Å². The van der Waals surface area contributed by atoms with Crippen molar-refractivity contribution >= 4 is 17.6 Å². The monoisotopic (exact) mass is 457 g/mol. The minimum Gasteiger partial charge on any atom is -0.466 e. The zero-order valence-corrected chi connectivity index (χ0v) is 18.3. The number of benzene rings is 2. The average molecular weight is 457 g/mol. The Bertz CT molecular complexity index is 1320. The number of carbonyl (C=O) groups excluding carboxylic acids is 2. The Kier molecular flexibility index (Phi) is 6.09. The van der Waals surface area contributed by atoms with Crippen LogP contribution in [0.2, 0.25) is 0 Å². The van der Waals surface area contributed by atoms with Crippen molar-refractivity contribution in [3.05, 3.63) is 89.2 Å². The van der Waals surface area contributed by atoms with Crippen LogP contribution in [0.4, 0.5) is 5.69 Å². The Morgan fingerprint density at radius 2 is 1.74 bits per heavy atom. The van der Waals surface area contributed by atoms with Gasteiger partial charge >= 0.3 is 11.9 Å². The molecule has 2 heterocycles. The lowest BCUT2D eigenvalue weighted by Crippen LogP contribution is -2.40. The molecule has 0 fully saturated rings. The molecule has 34 heavy (non-hydrogen) atoms. The van der Waals surface area contributed by atoms with Crippen molar-refractivity contribution in [2.24, 2.45) is 5.73 Å². The maximum absolute atomic E-state index is 13.0. The second-order valence-electron chi connectivity index (χ2n) is 7.13. The highest BCUT2D eigenvalue weighted by atomic mass is 16.5. The second kappa shape index (κ2) is 9.30. The van der Waals surface area contributed by atoms with Crippen molar-refractivity contribution in [2.75, 3.05) is 19.1 Å². The molecule has 3 aromatic rings. The van der Waals surface area contributed by atoms with Gasteiger partial charge in [-0.2, -0.15) is 5.26 Å². The van der Waals surface area contributed by atoms with Crippen LogP contribution in [0.3, 0.4) is 0 Å². The van der Waals surface area contributed by atoms with E-state index in [4.69, 9.17) is 19.6 Å². The zero-order chi connectivity index (χ0) is 24.2. The molecule has 0 amide bonds. The van der Waals surface area contributed by atoms with Crippen LogP contribution in [0.5, 0.6) is 0 Å². The molecular weight excluding hydrogens is 438 g/mol. The summed E-state index contributed by atoms with van der Waals surface area (Å²) in [6.07, 6.45) is 1.21. The third-order valence-corrected chi connectivity index (χ3v) is 5.34. The molecule has 1 aliphatic heterocycles. The van der Waals surface area contributed by atoms with E-state index >= 15 is 0 Å². The summed E-state index contributed by atoms with van der Waals surface area (Å²) in [4.78, 5) is 27.4. The molecule has 0 saturated heterocycles. The Hall–Kier alpha value is -4.91. The SMILES string of the molecule is COC(=O)C1=C(C(=O)OC)N(c2ccc(-c3nnco3)cc2)C(N)=C(C#N)C1c1ccccc1. The van der Waals surface area contributed by atoms with Gasteiger partial charge in [-0.05, 0) is 29.8 Å². The first-order valence-electron chi connectivity index (χ1n) is 10.0. The number of rotatable bonds is 5. The molecular formula is C24H19N5O5. The summed E-state index contributed by atoms with van der Waals surface area (Å²) in [5.74, 6) is -2.25. The number of esters is 2. The van der Waals surface area contributed by atoms with Crippen LogP contribution in [0.15, 0.2) is 88.1 Å². The predicted octanol–water partition coefficient (Wildman–Crippen LogP) is 2.63. The fourth-order valence-corrected chi connectivity index (χ4v) is 3.83. The normalized spacial score (nSPS) is 15.7. The molecule has 10 heteroatoms. The van der Waals surface area contributed by atoms with E-state index in [9.17, 15) is 14.9 Å². The first kappa shape index (κ1) is 22.3. The highest BCUT2D eigenvalue weighted by Crippen LogP contribution is 2.43. The molecule has 0 radical (unpaired) electrons.